The van der Waals surface area contributed by atoms with Gasteiger partial charge in [0.25, 0.3) is 0 Å². The summed E-state index contributed by atoms with van der Waals surface area (Å²) < 4.78 is 15.9. The average molecular weight is 303 g/mol. The van der Waals surface area contributed by atoms with E-state index in [0.717, 1.165) is 11.1 Å². The Morgan fingerprint density at radius 2 is 1.48 bits per heavy atom. The van der Waals surface area contributed by atoms with E-state index in [1.165, 1.54) is 0 Å². The highest BCUT2D eigenvalue weighted by molar-refractivity contribution is 7.91. The summed E-state index contributed by atoms with van der Waals surface area (Å²) in [4.78, 5) is 12.1. The molecule has 0 aromatic heterocycles. The van der Waals surface area contributed by atoms with Crippen LogP contribution >= 0.6 is 0 Å². The number of rotatable bonds is 2. The Hall–Kier alpha value is -2.18. The van der Waals surface area contributed by atoms with Crippen molar-refractivity contribution in [3.05, 3.63) is 59.7 Å². The molecule has 2 amide bonds. The topological polar surface area (TPSA) is 84.6 Å². The first-order valence-electron chi connectivity index (χ1n) is 6.36. The highest BCUT2D eigenvalue weighted by Crippen LogP contribution is 2.12. The molecule has 0 bridgehead atoms. The molecule has 0 aliphatic heterocycles. The van der Waals surface area contributed by atoms with E-state index in [9.17, 15) is 9.00 Å². The molecule has 0 saturated carbocycles. The van der Waals surface area contributed by atoms with Crippen molar-refractivity contribution in [3.63, 3.8) is 0 Å². The molecular formula is C15H17N3O2S. The number of nitrogens with zero attached hydrogens (tertiary/aromatic N) is 1. The lowest BCUT2D eigenvalue weighted by Crippen LogP contribution is -2.17. The van der Waals surface area contributed by atoms with Gasteiger partial charge in [0, 0.05) is 5.69 Å². The number of hydrogen-bond donors (Lipinski definition) is 2. The SMILES string of the molecule is Cc1ccc(NC(=O)N=S(N)(=O)c2ccc(C)cc2)cc1. The molecule has 0 saturated heterocycles. The van der Waals surface area contributed by atoms with Gasteiger partial charge in [-0.05, 0) is 38.1 Å². The summed E-state index contributed by atoms with van der Waals surface area (Å²) in [6, 6.07) is 13.2. The van der Waals surface area contributed by atoms with Gasteiger partial charge in [-0.15, -0.1) is 4.36 Å². The molecule has 0 heterocycles. The van der Waals surface area contributed by atoms with Gasteiger partial charge >= 0.3 is 6.03 Å². The Labute approximate surface area is 124 Å². The number of nitrogens with one attached hydrogen (secondary N) is 1. The van der Waals surface area contributed by atoms with Crippen LogP contribution in [-0.4, -0.2) is 10.2 Å². The smallest absolute Gasteiger partial charge is 0.306 e. The van der Waals surface area contributed by atoms with Gasteiger partial charge in [-0.3, -0.25) is 0 Å². The van der Waals surface area contributed by atoms with Crippen LogP contribution in [0.4, 0.5) is 10.5 Å². The summed E-state index contributed by atoms with van der Waals surface area (Å²) in [7, 11) is -3.24. The fraction of sp³-hybridized carbons (Fsp3) is 0.133. The summed E-state index contributed by atoms with van der Waals surface area (Å²) in [6.07, 6.45) is 0. The number of anilines is 1. The molecule has 5 nitrogen and oxygen atoms in total. The van der Waals surface area contributed by atoms with E-state index in [0.29, 0.717) is 10.6 Å². The fourth-order valence-corrected chi connectivity index (χ4v) is 2.62. The second-order valence-electron chi connectivity index (χ2n) is 4.77. The molecule has 21 heavy (non-hydrogen) atoms. The van der Waals surface area contributed by atoms with Gasteiger partial charge in [0.1, 0.15) is 9.92 Å². The van der Waals surface area contributed by atoms with Crippen molar-refractivity contribution >= 4 is 21.6 Å². The van der Waals surface area contributed by atoms with E-state index < -0.39 is 15.9 Å². The highest BCUT2D eigenvalue weighted by atomic mass is 32.2. The van der Waals surface area contributed by atoms with E-state index in [-0.39, 0.29) is 0 Å². The van der Waals surface area contributed by atoms with Crippen LogP contribution in [0.1, 0.15) is 11.1 Å². The second-order valence-corrected chi connectivity index (χ2v) is 6.56. The molecule has 2 aromatic rings. The zero-order valence-corrected chi connectivity index (χ0v) is 12.7. The second kappa shape index (κ2) is 6.07. The maximum absolute atomic E-state index is 12.3. The summed E-state index contributed by atoms with van der Waals surface area (Å²) in [5, 5.41) is 8.21. The molecule has 3 N–H and O–H groups in total. The van der Waals surface area contributed by atoms with Gasteiger partial charge in [-0.2, -0.15) is 0 Å². The molecule has 1 unspecified atom stereocenters. The van der Waals surface area contributed by atoms with E-state index >= 15 is 0 Å². The number of carbonyl (C=O) groups is 1. The molecule has 6 heteroatoms. The first kappa shape index (κ1) is 15.2. The largest absolute Gasteiger partial charge is 0.354 e. The number of urea groups is 1. The van der Waals surface area contributed by atoms with E-state index in [2.05, 4.69) is 9.68 Å². The van der Waals surface area contributed by atoms with Crippen LogP contribution in [0.3, 0.4) is 0 Å². The van der Waals surface area contributed by atoms with Crippen molar-refractivity contribution in [1.29, 1.82) is 0 Å². The van der Waals surface area contributed by atoms with Crippen LogP contribution in [0.2, 0.25) is 0 Å². The quantitative estimate of drug-likeness (QED) is 0.892. The molecular weight excluding hydrogens is 286 g/mol. The average Bonchev–Trinajstić information content (AvgIpc) is 2.41. The van der Waals surface area contributed by atoms with Gasteiger partial charge < -0.3 is 5.32 Å². The number of nitrogens with two attached hydrogens (primary N) is 1. The molecule has 2 aromatic carbocycles. The fourth-order valence-electron chi connectivity index (χ4n) is 1.69. The van der Waals surface area contributed by atoms with Crippen molar-refractivity contribution in [3.8, 4) is 0 Å². The Morgan fingerprint density at radius 1 is 1.00 bits per heavy atom. The number of hydrogen-bond acceptors (Lipinski definition) is 2. The predicted molar refractivity (Wildman–Crippen MR) is 84.4 cm³/mol. The molecule has 0 fully saturated rings. The molecule has 110 valence electrons. The summed E-state index contributed by atoms with van der Waals surface area (Å²) in [6.45, 7) is 3.85. The van der Waals surface area contributed by atoms with Crippen molar-refractivity contribution in [2.75, 3.05) is 5.32 Å². The summed E-state index contributed by atoms with van der Waals surface area (Å²) in [5.41, 5.74) is 2.67. The molecule has 2 rings (SSSR count). The van der Waals surface area contributed by atoms with E-state index in [1.807, 2.05) is 26.0 Å². The van der Waals surface area contributed by atoms with Crippen LogP contribution in [0.5, 0.6) is 0 Å². The van der Waals surface area contributed by atoms with Crippen LogP contribution in [0.25, 0.3) is 0 Å². The third kappa shape index (κ3) is 4.14. The number of benzene rings is 2. The van der Waals surface area contributed by atoms with Gasteiger partial charge in [0.2, 0.25) is 0 Å². The minimum Gasteiger partial charge on any atom is -0.306 e. The van der Waals surface area contributed by atoms with Crippen LogP contribution in [-0.2, 0) is 9.92 Å². The highest BCUT2D eigenvalue weighted by Gasteiger charge is 2.10. The predicted octanol–water partition coefficient (Wildman–Crippen LogP) is 3.24. The van der Waals surface area contributed by atoms with Crippen LogP contribution in [0, 0.1) is 13.8 Å². The van der Waals surface area contributed by atoms with Crippen LogP contribution in [0.15, 0.2) is 57.8 Å². The maximum atomic E-state index is 12.3. The molecule has 0 aliphatic rings. The Morgan fingerprint density at radius 3 is 2.00 bits per heavy atom. The van der Waals surface area contributed by atoms with Gasteiger partial charge in [-0.1, -0.05) is 35.4 Å². The van der Waals surface area contributed by atoms with Gasteiger partial charge in [0.15, 0.2) is 0 Å². The van der Waals surface area contributed by atoms with Gasteiger partial charge in [-0.25, -0.2) is 14.1 Å². The first-order valence-corrected chi connectivity index (χ1v) is 7.94. The lowest BCUT2D eigenvalue weighted by atomic mass is 10.2. The normalized spacial score (nSPS) is 13.3. The number of carbonyl (C=O) groups excluding carboxylic acids is 1. The van der Waals surface area contributed by atoms with Crippen molar-refractivity contribution < 1.29 is 9.00 Å². The minimum atomic E-state index is -3.24. The molecule has 1 atom stereocenters. The number of aryl methyl sites for hydroxylation is 2. The Kier molecular flexibility index (Phi) is 4.40. The third-order valence-electron chi connectivity index (χ3n) is 2.88. The maximum Gasteiger partial charge on any atom is 0.354 e. The standard InChI is InChI=1S/C15H17N3O2S/c1-11-3-7-13(8-4-11)17-15(19)18-21(16,20)14-9-5-12(2)6-10-14/h3-10H,1-2H3,(H3,16,17,18,19,20). The zero-order chi connectivity index (χ0) is 15.5. The van der Waals surface area contributed by atoms with Crippen LogP contribution < -0.4 is 10.5 Å². The van der Waals surface area contributed by atoms with Gasteiger partial charge in [0.05, 0.1) is 4.90 Å². The Balaban J connectivity index is 2.21. The summed E-state index contributed by atoms with van der Waals surface area (Å²) in [5.74, 6) is 0. The lowest BCUT2D eigenvalue weighted by molar-refractivity contribution is 0.260. The zero-order valence-electron chi connectivity index (χ0n) is 11.9. The first-order chi connectivity index (χ1) is 9.87. The molecule has 0 radical (unpaired) electrons. The van der Waals surface area contributed by atoms with Crippen molar-refractivity contribution in [2.24, 2.45) is 9.50 Å². The monoisotopic (exact) mass is 303 g/mol. The van der Waals surface area contributed by atoms with Crippen molar-refractivity contribution in [1.82, 2.24) is 0 Å². The van der Waals surface area contributed by atoms with E-state index in [1.54, 1.807) is 36.4 Å². The molecule has 0 spiro atoms. The number of amides is 2. The summed E-state index contributed by atoms with van der Waals surface area (Å²) >= 11 is 0. The lowest BCUT2D eigenvalue weighted by Gasteiger charge is -2.06. The molecule has 0 aliphatic carbocycles. The third-order valence-corrected chi connectivity index (χ3v) is 4.26. The van der Waals surface area contributed by atoms with Crippen molar-refractivity contribution in [2.45, 2.75) is 18.7 Å². The Bertz CT molecular complexity index is 759. The van der Waals surface area contributed by atoms with E-state index in [4.69, 9.17) is 5.14 Å². The minimum absolute atomic E-state index is 0.326.